The third kappa shape index (κ3) is 4.04. The summed E-state index contributed by atoms with van der Waals surface area (Å²) in [5.74, 6) is 0.692. The van der Waals surface area contributed by atoms with Crippen LogP contribution >= 0.6 is 0 Å². The minimum Gasteiger partial charge on any atom is -0.396 e. The Kier molecular flexibility index (Phi) is 5.32. The predicted octanol–water partition coefficient (Wildman–Crippen LogP) is 0.385. The van der Waals surface area contributed by atoms with Gasteiger partial charge in [0.15, 0.2) is 0 Å². The summed E-state index contributed by atoms with van der Waals surface area (Å²) >= 11 is 0. The summed E-state index contributed by atoms with van der Waals surface area (Å²) in [5.41, 5.74) is 0. The van der Waals surface area contributed by atoms with Crippen LogP contribution in [0, 0.1) is 5.92 Å². The summed E-state index contributed by atoms with van der Waals surface area (Å²) in [4.78, 5) is 0. The van der Waals surface area contributed by atoms with Crippen LogP contribution in [0.3, 0.4) is 0 Å². The summed E-state index contributed by atoms with van der Waals surface area (Å²) in [7, 11) is 0. The van der Waals surface area contributed by atoms with E-state index < -0.39 is 0 Å². The van der Waals surface area contributed by atoms with E-state index in [1.165, 1.54) is 12.8 Å². The molecule has 12 heavy (non-hydrogen) atoms. The summed E-state index contributed by atoms with van der Waals surface area (Å²) in [5, 5.41) is 11.9. The van der Waals surface area contributed by atoms with Crippen molar-refractivity contribution in [1.82, 2.24) is 5.32 Å². The summed E-state index contributed by atoms with van der Waals surface area (Å²) in [6.07, 6.45) is 3.34. The van der Waals surface area contributed by atoms with Gasteiger partial charge in [-0.05, 0) is 31.7 Å². The topological polar surface area (TPSA) is 41.5 Å². The Hall–Kier alpha value is -0.120. The van der Waals surface area contributed by atoms with Crippen LogP contribution in [0.2, 0.25) is 0 Å². The molecule has 1 rings (SSSR count). The highest BCUT2D eigenvalue weighted by molar-refractivity contribution is 4.65. The van der Waals surface area contributed by atoms with Crippen LogP contribution in [0.5, 0.6) is 0 Å². The average Bonchev–Trinajstić information content (AvgIpc) is 2.14. The molecule has 0 saturated carbocycles. The lowest BCUT2D eigenvalue weighted by molar-refractivity contribution is 0.0548. The standard InChI is InChI=1S/C9H19NO2/c11-5-2-4-10-7-9-3-1-6-12-8-9/h9-11H,1-8H2. The van der Waals surface area contributed by atoms with Crippen molar-refractivity contribution in [3.05, 3.63) is 0 Å². The zero-order valence-electron chi connectivity index (χ0n) is 7.59. The molecule has 1 aliphatic rings. The first kappa shape index (κ1) is 9.96. The highest BCUT2D eigenvalue weighted by atomic mass is 16.5. The normalized spacial score (nSPS) is 24.2. The third-order valence-corrected chi connectivity index (χ3v) is 2.20. The Morgan fingerprint density at radius 2 is 2.42 bits per heavy atom. The van der Waals surface area contributed by atoms with Crippen LogP contribution < -0.4 is 5.32 Å². The van der Waals surface area contributed by atoms with Gasteiger partial charge in [-0.15, -0.1) is 0 Å². The molecular weight excluding hydrogens is 154 g/mol. The number of hydrogen-bond acceptors (Lipinski definition) is 3. The first-order valence-corrected chi connectivity index (χ1v) is 4.83. The highest BCUT2D eigenvalue weighted by Crippen LogP contribution is 2.11. The molecule has 0 radical (unpaired) electrons. The molecule has 0 spiro atoms. The molecule has 0 aromatic heterocycles. The van der Waals surface area contributed by atoms with E-state index in [1.54, 1.807) is 0 Å². The van der Waals surface area contributed by atoms with Crippen LogP contribution in [0.25, 0.3) is 0 Å². The van der Waals surface area contributed by atoms with E-state index >= 15 is 0 Å². The van der Waals surface area contributed by atoms with Gasteiger partial charge in [0.05, 0.1) is 6.61 Å². The van der Waals surface area contributed by atoms with Gasteiger partial charge in [0.25, 0.3) is 0 Å². The van der Waals surface area contributed by atoms with E-state index in [0.29, 0.717) is 5.92 Å². The zero-order valence-corrected chi connectivity index (χ0v) is 7.59. The number of ether oxygens (including phenoxy) is 1. The van der Waals surface area contributed by atoms with Gasteiger partial charge in [-0.25, -0.2) is 0 Å². The van der Waals surface area contributed by atoms with Gasteiger partial charge in [-0.2, -0.15) is 0 Å². The van der Waals surface area contributed by atoms with Crippen molar-refractivity contribution in [3.8, 4) is 0 Å². The lowest BCUT2D eigenvalue weighted by atomic mass is 10.0. The Labute approximate surface area is 74.1 Å². The fourth-order valence-corrected chi connectivity index (χ4v) is 1.48. The SMILES string of the molecule is OCCCNCC1CCCOC1. The molecular formula is C9H19NO2. The van der Waals surface area contributed by atoms with E-state index in [1.807, 2.05) is 0 Å². The van der Waals surface area contributed by atoms with Crippen molar-refractivity contribution in [2.24, 2.45) is 5.92 Å². The number of hydrogen-bond donors (Lipinski definition) is 2. The van der Waals surface area contributed by atoms with Crippen LogP contribution in [0.1, 0.15) is 19.3 Å². The van der Waals surface area contributed by atoms with Gasteiger partial charge in [0.2, 0.25) is 0 Å². The second-order valence-electron chi connectivity index (χ2n) is 3.36. The quantitative estimate of drug-likeness (QED) is 0.591. The first-order chi connectivity index (χ1) is 5.93. The summed E-state index contributed by atoms with van der Waals surface area (Å²) in [6.45, 7) is 4.10. The van der Waals surface area contributed by atoms with Gasteiger partial charge < -0.3 is 15.2 Å². The molecule has 0 aromatic rings. The van der Waals surface area contributed by atoms with Gasteiger partial charge >= 0.3 is 0 Å². The third-order valence-electron chi connectivity index (χ3n) is 2.20. The molecule has 0 aliphatic carbocycles. The van der Waals surface area contributed by atoms with Crippen molar-refractivity contribution >= 4 is 0 Å². The van der Waals surface area contributed by atoms with Gasteiger partial charge in [-0.1, -0.05) is 0 Å². The van der Waals surface area contributed by atoms with Crippen LogP contribution in [-0.2, 0) is 4.74 Å². The predicted molar refractivity (Wildman–Crippen MR) is 48.1 cm³/mol. The second kappa shape index (κ2) is 6.40. The van der Waals surface area contributed by atoms with E-state index in [0.717, 1.165) is 32.7 Å². The first-order valence-electron chi connectivity index (χ1n) is 4.83. The van der Waals surface area contributed by atoms with Crippen molar-refractivity contribution in [2.45, 2.75) is 19.3 Å². The monoisotopic (exact) mass is 173 g/mol. The van der Waals surface area contributed by atoms with Gasteiger partial charge in [-0.3, -0.25) is 0 Å². The number of aliphatic hydroxyl groups is 1. The largest absolute Gasteiger partial charge is 0.396 e. The Morgan fingerprint density at radius 3 is 3.08 bits per heavy atom. The number of nitrogens with one attached hydrogen (secondary N) is 1. The molecule has 1 atom stereocenters. The molecule has 3 nitrogen and oxygen atoms in total. The fourth-order valence-electron chi connectivity index (χ4n) is 1.48. The summed E-state index contributed by atoms with van der Waals surface area (Å²) in [6, 6.07) is 0. The van der Waals surface area contributed by atoms with Crippen molar-refractivity contribution < 1.29 is 9.84 Å². The van der Waals surface area contributed by atoms with Gasteiger partial charge in [0, 0.05) is 19.8 Å². The molecule has 0 bridgehead atoms. The lowest BCUT2D eigenvalue weighted by Crippen LogP contribution is -2.29. The Morgan fingerprint density at radius 1 is 1.50 bits per heavy atom. The maximum Gasteiger partial charge on any atom is 0.0506 e. The smallest absolute Gasteiger partial charge is 0.0506 e. The maximum atomic E-state index is 8.54. The molecule has 3 heteroatoms. The minimum atomic E-state index is 0.286. The molecule has 1 fully saturated rings. The molecule has 1 saturated heterocycles. The van der Waals surface area contributed by atoms with Crippen molar-refractivity contribution in [1.29, 1.82) is 0 Å². The lowest BCUT2D eigenvalue weighted by Gasteiger charge is -2.22. The van der Waals surface area contributed by atoms with Crippen LogP contribution in [0.4, 0.5) is 0 Å². The average molecular weight is 173 g/mol. The molecule has 72 valence electrons. The maximum absolute atomic E-state index is 8.54. The van der Waals surface area contributed by atoms with Crippen molar-refractivity contribution in [3.63, 3.8) is 0 Å². The van der Waals surface area contributed by atoms with Crippen LogP contribution in [0.15, 0.2) is 0 Å². The highest BCUT2D eigenvalue weighted by Gasteiger charge is 2.12. The molecule has 1 heterocycles. The van der Waals surface area contributed by atoms with Crippen LogP contribution in [-0.4, -0.2) is 38.0 Å². The van der Waals surface area contributed by atoms with E-state index in [-0.39, 0.29) is 6.61 Å². The molecule has 0 amide bonds. The molecule has 0 aromatic carbocycles. The number of rotatable bonds is 5. The molecule has 1 unspecified atom stereocenters. The Balaban J connectivity index is 1.91. The molecule has 2 N–H and O–H groups in total. The summed E-state index contributed by atoms with van der Waals surface area (Å²) < 4.78 is 5.35. The van der Waals surface area contributed by atoms with Crippen molar-refractivity contribution in [2.75, 3.05) is 32.9 Å². The van der Waals surface area contributed by atoms with E-state index in [2.05, 4.69) is 5.32 Å². The fraction of sp³-hybridized carbons (Fsp3) is 1.00. The zero-order chi connectivity index (χ0) is 8.65. The van der Waals surface area contributed by atoms with E-state index in [9.17, 15) is 0 Å². The molecule has 1 aliphatic heterocycles. The Bertz CT molecular complexity index is 103. The van der Waals surface area contributed by atoms with Gasteiger partial charge in [0.1, 0.15) is 0 Å². The minimum absolute atomic E-state index is 0.286. The van der Waals surface area contributed by atoms with E-state index in [4.69, 9.17) is 9.84 Å². The second-order valence-corrected chi connectivity index (χ2v) is 3.36. The number of aliphatic hydroxyl groups excluding tert-OH is 1.